The number of rotatable bonds is 5. The van der Waals surface area contributed by atoms with Crippen LogP contribution < -0.4 is 10.1 Å². The molecule has 0 radical (unpaired) electrons. The van der Waals surface area contributed by atoms with E-state index in [-0.39, 0.29) is 35.7 Å². The lowest BCUT2D eigenvalue weighted by Gasteiger charge is -2.30. The number of ether oxygens (including phenoxy) is 1. The third-order valence-electron chi connectivity index (χ3n) is 5.71. The fourth-order valence-corrected chi connectivity index (χ4v) is 3.86. The molecule has 0 spiro atoms. The lowest BCUT2D eigenvalue weighted by molar-refractivity contribution is -0.139. The van der Waals surface area contributed by atoms with Crippen molar-refractivity contribution < 1.29 is 22.3 Å². The molecule has 0 saturated carbocycles. The second-order valence-corrected chi connectivity index (χ2v) is 7.90. The highest BCUT2D eigenvalue weighted by Gasteiger charge is 2.36. The molecule has 0 amide bonds. The van der Waals surface area contributed by atoms with Gasteiger partial charge in [0.15, 0.2) is 5.69 Å². The minimum Gasteiger partial charge on any atom is -0.493 e. The smallest absolute Gasteiger partial charge is 0.419 e. The fourth-order valence-electron chi connectivity index (χ4n) is 3.86. The summed E-state index contributed by atoms with van der Waals surface area (Å²) in [5, 5.41) is 12.4. The molecule has 3 aromatic rings. The summed E-state index contributed by atoms with van der Waals surface area (Å²) in [5.41, 5.74) is -1.01. The standard InChI is InChI=1S/C22H21F4N5O/c1-31-13-29-20-17(12-27)30-16(11-18(20)31)14-2-3-19(15(10-14)22(24,25)26)32-9-6-21(23)4-7-28-8-5-21/h2-3,10-11,13,28H,4-9H2,1H3. The monoisotopic (exact) mass is 447 g/mol. The predicted molar refractivity (Wildman–Crippen MR) is 110 cm³/mol. The van der Waals surface area contributed by atoms with Gasteiger partial charge < -0.3 is 14.6 Å². The molecule has 1 aromatic carbocycles. The minimum absolute atomic E-state index is 0.0258. The molecule has 0 bridgehead atoms. The number of nitrogens with zero attached hydrogens (tertiary/aromatic N) is 4. The summed E-state index contributed by atoms with van der Waals surface area (Å²) in [4.78, 5) is 8.30. The molecule has 0 unspecified atom stereocenters. The van der Waals surface area contributed by atoms with Gasteiger partial charge in [0.25, 0.3) is 0 Å². The van der Waals surface area contributed by atoms with Crippen LogP contribution in [0.4, 0.5) is 17.6 Å². The molecule has 1 aliphatic heterocycles. The maximum absolute atomic E-state index is 14.7. The number of aryl methyl sites for hydroxylation is 1. The molecule has 2 aromatic heterocycles. The van der Waals surface area contributed by atoms with Crippen molar-refractivity contribution in [1.82, 2.24) is 19.9 Å². The van der Waals surface area contributed by atoms with E-state index in [0.29, 0.717) is 37.0 Å². The molecular weight excluding hydrogens is 426 g/mol. The molecule has 0 atom stereocenters. The van der Waals surface area contributed by atoms with E-state index in [1.807, 2.05) is 6.07 Å². The van der Waals surface area contributed by atoms with E-state index in [1.54, 1.807) is 17.7 Å². The number of alkyl halides is 4. The van der Waals surface area contributed by atoms with Crippen LogP contribution in [0, 0.1) is 11.3 Å². The first-order valence-electron chi connectivity index (χ1n) is 10.2. The van der Waals surface area contributed by atoms with E-state index in [0.717, 1.165) is 6.07 Å². The van der Waals surface area contributed by atoms with Crippen molar-refractivity contribution in [2.75, 3.05) is 19.7 Å². The van der Waals surface area contributed by atoms with Gasteiger partial charge in [0.1, 0.15) is 23.0 Å². The molecule has 1 saturated heterocycles. The number of nitriles is 1. The second kappa shape index (κ2) is 8.39. The summed E-state index contributed by atoms with van der Waals surface area (Å²) in [5.74, 6) is -0.360. The van der Waals surface area contributed by atoms with Crippen LogP contribution >= 0.6 is 0 Å². The number of nitrogens with one attached hydrogen (secondary N) is 1. The third kappa shape index (κ3) is 4.39. The van der Waals surface area contributed by atoms with Crippen molar-refractivity contribution >= 4 is 11.0 Å². The van der Waals surface area contributed by atoms with E-state index in [2.05, 4.69) is 15.3 Å². The maximum atomic E-state index is 14.7. The fraction of sp³-hybridized carbons (Fsp3) is 0.409. The Balaban J connectivity index is 1.64. The first kappa shape index (κ1) is 22.0. The number of benzene rings is 1. The lowest BCUT2D eigenvalue weighted by Crippen LogP contribution is -2.39. The topological polar surface area (TPSA) is 75.8 Å². The van der Waals surface area contributed by atoms with Gasteiger partial charge >= 0.3 is 6.18 Å². The molecule has 1 fully saturated rings. The highest BCUT2D eigenvalue weighted by atomic mass is 19.4. The van der Waals surface area contributed by atoms with E-state index < -0.39 is 17.4 Å². The Morgan fingerprint density at radius 1 is 1.25 bits per heavy atom. The number of hydrogen-bond acceptors (Lipinski definition) is 5. The van der Waals surface area contributed by atoms with Gasteiger partial charge in [0.2, 0.25) is 0 Å². The minimum atomic E-state index is -4.68. The largest absolute Gasteiger partial charge is 0.493 e. The van der Waals surface area contributed by atoms with Crippen molar-refractivity contribution in [3.63, 3.8) is 0 Å². The number of hydrogen-bond donors (Lipinski definition) is 1. The Hall–Kier alpha value is -3.19. The number of halogens is 4. The highest BCUT2D eigenvalue weighted by Crippen LogP contribution is 2.39. The van der Waals surface area contributed by atoms with E-state index in [9.17, 15) is 22.8 Å². The van der Waals surface area contributed by atoms with Crippen LogP contribution in [-0.4, -0.2) is 39.9 Å². The van der Waals surface area contributed by atoms with Crippen LogP contribution in [0.3, 0.4) is 0 Å². The SMILES string of the molecule is Cn1cnc2c(C#N)nc(-c3ccc(OCCC4(F)CCNCC4)c(C(F)(F)F)c3)cc21. The average Bonchev–Trinajstić information content (AvgIpc) is 3.14. The van der Waals surface area contributed by atoms with Crippen molar-refractivity contribution in [2.45, 2.75) is 31.1 Å². The van der Waals surface area contributed by atoms with E-state index in [1.165, 1.54) is 18.5 Å². The zero-order valence-corrected chi connectivity index (χ0v) is 17.3. The zero-order chi connectivity index (χ0) is 22.9. The predicted octanol–water partition coefficient (Wildman–Crippen LogP) is 4.39. The van der Waals surface area contributed by atoms with Crippen LogP contribution in [0.1, 0.15) is 30.5 Å². The molecule has 10 heteroatoms. The first-order chi connectivity index (χ1) is 15.2. The van der Waals surface area contributed by atoms with Crippen molar-refractivity contribution in [3.05, 3.63) is 41.9 Å². The van der Waals surface area contributed by atoms with Crippen molar-refractivity contribution in [2.24, 2.45) is 7.05 Å². The average molecular weight is 447 g/mol. The summed E-state index contributed by atoms with van der Waals surface area (Å²) in [7, 11) is 1.72. The summed E-state index contributed by atoms with van der Waals surface area (Å²) in [6, 6.07) is 7.13. The summed E-state index contributed by atoms with van der Waals surface area (Å²) >= 11 is 0. The van der Waals surface area contributed by atoms with Gasteiger partial charge in [-0.15, -0.1) is 0 Å². The summed E-state index contributed by atoms with van der Waals surface area (Å²) in [6.45, 7) is 0.923. The van der Waals surface area contributed by atoms with Crippen LogP contribution in [0.5, 0.6) is 5.75 Å². The van der Waals surface area contributed by atoms with Gasteiger partial charge in [-0.1, -0.05) is 0 Å². The van der Waals surface area contributed by atoms with Crippen LogP contribution in [-0.2, 0) is 13.2 Å². The molecule has 168 valence electrons. The number of piperidine rings is 1. The van der Waals surface area contributed by atoms with Gasteiger partial charge in [-0.3, -0.25) is 0 Å². The van der Waals surface area contributed by atoms with Gasteiger partial charge in [-0.2, -0.15) is 18.4 Å². The molecular formula is C22H21F4N5O. The van der Waals surface area contributed by atoms with Crippen LogP contribution in [0.15, 0.2) is 30.6 Å². The Kier molecular flexibility index (Phi) is 5.77. The number of aromatic nitrogens is 3. The maximum Gasteiger partial charge on any atom is 0.419 e. The molecule has 1 N–H and O–H groups in total. The number of fused-ring (bicyclic) bond motifs is 1. The Morgan fingerprint density at radius 2 is 2.00 bits per heavy atom. The van der Waals surface area contributed by atoms with Gasteiger partial charge in [0.05, 0.1) is 29.7 Å². The normalized spacial score (nSPS) is 16.1. The second-order valence-electron chi connectivity index (χ2n) is 7.90. The van der Waals surface area contributed by atoms with Crippen molar-refractivity contribution in [3.8, 4) is 23.1 Å². The van der Waals surface area contributed by atoms with Crippen molar-refractivity contribution in [1.29, 1.82) is 5.26 Å². The highest BCUT2D eigenvalue weighted by molar-refractivity contribution is 5.84. The molecule has 32 heavy (non-hydrogen) atoms. The first-order valence-corrected chi connectivity index (χ1v) is 10.2. The van der Waals surface area contributed by atoms with E-state index in [4.69, 9.17) is 4.74 Å². The quantitative estimate of drug-likeness (QED) is 0.588. The van der Waals surface area contributed by atoms with Crippen LogP contribution in [0.2, 0.25) is 0 Å². The molecule has 4 rings (SSSR count). The Labute approximate surface area is 181 Å². The zero-order valence-electron chi connectivity index (χ0n) is 17.3. The van der Waals surface area contributed by atoms with E-state index >= 15 is 0 Å². The molecule has 3 heterocycles. The summed E-state index contributed by atoms with van der Waals surface area (Å²) < 4.78 is 63.1. The molecule has 6 nitrogen and oxygen atoms in total. The third-order valence-corrected chi connectivity index (χ3v) is 5.71. The lowest BCUT2D eigenvalue weighted by atomic mass is 9.91. The van der Waals surface area contributed by atoms with Gasteiger partial charge in [-0.25, -0.2) is 14.4 Å². The van der Waals surface area contributed by atoms with Gasteiger partial charge in [-0.05, 0) is 50.2 Å². The molecule has 1 aliphatic rings. The van der Waals surface area contributed by atoms with Gasteiger partial charge in [0, 0.05) is 19.0 Å². The number of pyridine rings is 1. The Morgan fingerprint density at radius 3 is 2.69 bits per heavy atom. The Bertz CT molecular complexity index is 1180. The number of imidazole rings is 1. The summed E-state index contributed by atoms with van der Waals surface area (Å²) in [6.07, 6.45) is -2.52. The molecule has 0 aliphatic carbocycles. The van der Waals surface area contributed by atoms with Crippen LogP contribution in [0.25, 0.3) is 22.3 Å².